The summed E-state index contributed by atoms with van der Waals surface area (Å²) in [6, 6.07) is 2.07. The standard InChI is InChI=1S/C14H18N4OS/c1-10-8-20-14(17-10)6-18(2)13-5-12(15-9-16-13)11-3-4-19-7-11/h5,8-9,11H,3-4,6-7H2,1-2H3/t11-/m0/s1. The summed E-state index contributed by atoms with van der Waals surface area (Å²) in [5.41, 5.74) is 2.15. The van der Waals surface area contributed by atoms with Gasteiger partial charge in [-0.15, -0.1) is 11.3 Å². The third-order valence-corrected chi connectivity index (χ3v) is 4.40. The largest absolute Gasteiger partial charge is 0.381 e. The molecule has 0 aliphatic carbocycles. The molecule has 2 aromatic rings. The minimum atomic E-state index is 0.409. The van der Waals surface area contributed by atoms with Gasteiger partial charge < -0.3 is 9.64 Å². The van der Waals surface area contributed by atoms with E-state index in [-0.39, 0.29) is 0 Å². The number of ether oxygens (including phenoxy) is 1. The Morgan fingerprint density at radius 1 is 1.45 bits per heavy atom. The zero-order chi connectivity index (χ0) is 13.9. The summed E-state index contributed by atoms with van der Waals surface area (Å²) < 4.78 is 5.43. The van der Waals surface area contributed by atoms with Crippen LogP contribution >= 0.6 is 11.3 Å². The Morgan fingerprint density at radius 3 is 3.05 bits per heavy atom. The number of anilines is 1. The second kappa shape index (κ2) is 5.85. The van der Waals surface area contributed by atoms with Gasteiger partial charge in [0.25, 0.3) is 0 Å². The highest BCUT2D eigenvalue weighted by Gasteiger charge is 2.20. The van der Waals surface area contributed by atoms with Crippen molar-refractivity contribution in [2.45, 2.75) is 25.8 Å². The maximum absolute atomic E-state index is 5.43. The highest BCUT2D eigenvalue weighted by molar-refractivity contribution is 7.09. The van der Waals surface area contributed by atoms with Crippen LogP contribution in [0.1, 0.15) is 28.7 Å². The molecule has 1 saturated heterocycles. The lowest BCUT2D eigenvalue weighted by Crippen LogP contribution is -2.18. The molecule has 0 amide bonds. The van der Waals surface area contributed by atoms with Crippen LogP contribution in [-0.4, -0.2) is 35.2 Å². The van der Waals surface area contributed by atoms with Gasteiger partial charge in [-0.25, -0.2) is 15.0 Å². The molecular formula is C14H18N4OS. The molecule has 20 heavy (non-hydrogen) atoms. The lowest BCUT2D eigenvalue weighted by Gasteiger charge is -2.18. The summed E-state index contributed by atoms with van der Waals surface area (Å²) in [6.45, 7) is 4.39. The van der Waals surface area contributed by atoms with Gasteiger partial charge in [-0.3, -0.25) is 0 Å². The van der Waals surface area contributed by atoms with Crippen molar-refractivity contribution in [2.24, 2.45) is 0 Å². The SMILES string of the molecule is Cc1csc(CN(C)c2cc([C@H]3CCOC3)ncn2)n1. The number of thiazole rings is 1. The zero-order valence-electron chi connectivity index (χ0n) is 11.7. The molecule has 0 unspecified atom stereocenters. The van der Waals surface area contributed by atoms with Gasteiger partial charge in [-0.05, 0) is 13.3 Å². The van der Waals surface area contributed by atoms with Gasteiger partial charge in [0.05, 0.1) is 18.8 Å². The van der Waals surface area contributed by atoms with E-state index in [1.165, 1.54) is 0 Å². The molecular weight excluding hydrogens is 272 g/mol. The summed E-state index contributed by atoms with van der Waals surface area (Å²) in [4.78, 5) is 15.3. The molecule has 0 spiro atoms. The number of nitrogens with zero attached hydrogens (tertiary/aromatic N) is 4. The fraction of sp³-hybridized carbons (Fsp3) is 0.500. The van der Waals surface area contributed by atoms with Gasteiger partial charge in [0.2, 0.25) is 0 Å². The fourth-order valence-electron chi connectivity index (χ4n) is 2.32. The second-order valence-corrected chi connectivity index (χ2v) is 6.04. The van der Waals surface area contributed by atoms with Crippen LogP contribution < -0.4 is 4.90 Å². The molecule has 6 heteroatoms. The number of aromatic nitrogens is 3. The van der Waals surface area contributed by atoms with Crippen LogP contribution in [0.3, 0.4) is 0 Å². The van der Waals surface area contributed by atoms with Gasteiger partial charge >= 0.3 is 0 Å². The van der Waals surface area contributed by atoms with Crippen LogP contribution in [0.25, 0.3) is 0 Å². The highest BCUT2D eigenvalue weighted by atomic mass is 32.1. The van der Waals surface area contributed by atoms with Crippen LogP contribution in [0.15, 0.2) is 17.8 Å². The Morgan fingerprint density at radius 2 is 2.35 bits per heavy atom. The molecule has 5 nitrogen and oxygen atoms in total. The van der Waals surface area contributed by atoms with Gasteiger partial charge in [0.15, 0.2) is 0 Å². The zero-order valence-corrected chi connectivity index (χ0v) is 12.6. The Hall–Kier alpha value is -1.53. The van der Waals surface area contributed by atoms with E-state index in [2.05, 4.69) is 31.3 Å². The third kappa shape index (κ3) is 2.96. The lowest BCUT2D eigenvalue weighted by molar-refractivity contribution is 0.193. The molecule has 0 aromatic carbocycles. The molecule has 1 aliphatic heterocycles. The Balaban J connectivity index is 1.73. The molecule has 106 valence electrons. The average Bonchev–Trinajstić information content (AvgIpc) is 3.11. The van der Waals surface area contributed by atoms with Crippen molar-refractivity contribution in [3.05, 3.63) is 34.2 Å². The van der Waals surface area contributed by atoms with E-state index in [4.69, 9.17) is 4.74 Å². The van der Waals surface area contributed by atoms with Crippen molar-refractivity contribution in [3.8, 4) is 0 Å². The van der Waals surface area contributed by atoms with Crippen molar-refractivity contribution < 1.29 is 4.74 Å². The van der Waals surface area contributed by atoms with E-state index >= 15 is 0 Å². The van der Waals surface area contributed by atoms with Crippen LogP contribution in [0.4, 0.5) is 5.82 Å². The smallest absolute Gasteiger partial charge is 0.132 e. The fourth-order valence-corrected chi connectivity index (χ4v) is 3.14. The molecule has 2 aromatic heterocycles. The first-order valence-electron chi connectivity index (χ1n) is 6.74. The van der Waals surface area contributed by atoms with E-state index < -0.39 is 0 Å². The first kappa shape index (κ1) is 13.5. The van der Waals surface area contributed by atoms with E-state index in [9.17, 15) is 0 Å². The number of aryl methyl sites for hydroxylation is 1. The van der Waals surface area contributed by atoms with Crippen molar-refractivity contribution in [1.82, 2.24) is 15.0 Å². The first-order chi connectivity index (χ1) is 9.72. The van der Waals surface area contributed by atoms with Crippen molar-refractivity contribution in [2.75, 3.05) is 25.2 Å². The number of hydrogen-bond acceptors (Lipinski definition) is 6. The van der Waals surface area contributed by atoms with Crippen LogP contribution in [0.2, 0.25) is 0 Å². The number of rotatable bonds is 4. The lowest BCUT2D eigenvalue weighted by atomic mass is 10.0. The normalized spacial score (nSPS) is 18.4. The maximum Gasteiger partial charge on any atom is 0.132 e. The molecule has 0 N–H and O–H groups in total. The van der Waals surface area contributed by atoms with E-state index in [0.717, 1.165) is 48.4 Å². The number of hydrogen-bond donors (Lipinski definition) is 0. The second-order valence-electron chi connectivity index (χ2n) is 5.10. The molecule has 0 radical (unpaired) electrons. The van der Waals surface area contributed by atoms with Crippen molar-refractivity contribution in [3.63, 3.8) is 0 Å². The van der Waals surface area contributed by atoms with Gasteiger partial charge in [-0.2, -0.15) is 0 Å². The summed E-state index contributed by atoms with van der Waals surface area (Å²) in [5.74, 6) is 1.35. The quantitative estimate of drug-likeness (QED) is 0.865. The third-order valence-electron chi connectivity index (χ3n) is 3.45. The van der Waals surface area contributed by atoms with Gasteiger partial charge in [0, 0.05) is 36.7 Å². The molecule has 0 bridgehead atoms. The Kier molecular flexibility index (Phi) is 3.93. The van der Waals surface area contributed by atoms with Crippen LogP contribution in [0, 0.1) is 6.92 Å². The summed E-state index contributed by atoms with van der Waals surface area (Å²) in [5, 5.41) is 3.18. The van der Waals surface area contributed by atoms with Crippen LogP contribution in [0.5, 0.6) is 0 Å². The molecule has 0 saturated carbocycles. The van der Waals surface area contributed by atoms with Crippen molar-refractivity contribution >= 4 is 17.2 Å². The van der Waals surface area contributed by atoms with E-state index in [1.807, 2.05) is 14.0 Å². The van der Waals surface area contributed by atoms with E-state index in [0.29, 0.717) is 5.92 Å². The molecule has 3 rings (SSSR count). The maximum atomic E-state index is 5.43. The highest BCUT2D eigenvalue weighted by Crippen LogP contribution is 2.25. The monoisotopic (exact) mass is 290 g/mol. The molecule has 3 heterocycles. The van der Waals surface area contributed by atoms with Crippen molar-refractivity contribution in [1.29, 1.82) is 0 Å². The molecule has 1 fully saturated rings. The molecule has 1 aliphatic rings. The first-order valence-corrected chi connectivity index (χ1v) is 7.62. The minimum absolute atomic E-state index is 0.409. The van der Waals surface area contributed by atoms with Gasteiger partial charge in [0.1, 0.15) is 17.2 Å². The van der Waals surface area contributed by atoms with Gasteiger partial charge in [-0.1, -0.05) is 0 Å². The predicted octanol–water partition coefficient (Wildman–Crippen LogP) is 2.38. The summed E-state index contributed by atoms with van der Waals surface area (Å²) in [7, 11) is 2.04. The van der Waals surface area contributed by atoms with Crippen LogP contribution in [-0.2, 0) is 11.3 Å². The minimum Gasteiger partial charge on any atom is -0.381 e. The molecule has 1 atom stereocenters. The Bertz CT molecular complexity index is 580. The van der Waals surface area contributed by atoms with E-state index in [1.54, 1.807) is 17.7 Å². The summed E-state index contributed by atoms with van der Waals surface area (Å²) >= 11 is 1.69. The topological polar surface area (TPSA) is 51.1 Å². The average molecular weight is 290 g/mol. The Labute approximate surface area is 122 Å². The summed E-state index contributed by atoms with van der Waals surface area (Å²) in [6.07, 6.45) is 2.69. The predicted molar refractivity (Wildman–Crippen MR) is 79.2 cm³/mol.